The van der Waals surface area contributed by atoms with E-state index in [1.54, 1.807) is 7.11 Å². The number of fused-ring (bicyclic) bond motifs is 1. The fourth-order valence-electron chi connectivity index (χ4n) is 2.73. The molecule has 0 aliphatic carbocycles. The molecular formula is C20H20O2. The summed E-state index contributed by atoms with van der Waals surface area (Å²) in [5, 5.41) is 2.36. The van der Waals surface area contributed by atoms with Gasteiger partial charge in [0.25, 0.3) is 0 Å². The number of hydrogen-bond acceptors (Lipinski definition) is 2. The Morgan fingerprint density at radius 2 is 1.50 bits per heavy atom. The van der Waals surface area contributed by atoms with Gasteiger partial charge in [0.1, 0.15) is 11.5 Å². The number of hydrogen-bond donors (Lipinski definition) is 0. The van der Waals surface area contributed by atoms with Crippen LogP contribution < -0.4 is 9.47 Å². The van der Waals surface area contributed by atoms with Gasteiger partial charge in [-0.1, -0.05) is 48.5 Å². The normalized spacial score (nSPS) is 10.9. The van der Waals surface area contributed by atoms with Gasteiger partial charge in [-0.3, -0.25) is 0 Å². The fraction of sp³-hybridized carbons (Fsp3) is 0.200. The first kappa shape index (κ1) is 14.5. The van der Waals surface area contributed by atoms with Gasteiger partial charge in [-0.05, 0) is 36.8 Å². The predicted octanol–water partition coefficient (Wildman–Crippen LogP) is 5.30. The van der Waals surface area contributed by atoms with Crippen LogP contribution in [0.2, 0.25) is 0 Å². The van der Waals surface area contributed by atoms with Crippen LogP contribution in [0.15, 0.2) is 60.7 Å². The Kier molecular flexibility index (Phi) is 4.01. The van der Waals surface area contributed by atoms with Gasteiger partial charge in [0.05, 0.1) is 13.2 Å². The van der Waals surface area contributed by atoms with Crippen LogP contribution >= 0.6 is 0 Å². The first-order chi connectivity index (χ1) is 10.7. The van der Waals surface area contributed by atoms with E-state index in [0.29, 0.717) is 0 Å². The van der Waals surface area contributed by atoms with E-state index in [4.69, 9.17) is 9.47 Å². The molecule has 3 aromatic rings. The Bertz CT molecular complexity index is 791. The minimum Gasteiger partial charge on any atom is -0.496 e. The second kappa shape index (κ2) is 6.10. The highest BCUT2D eigenvalue weighted by molar-refractivity contribution is 6.01. The first-order valence-corrected chi connectivity index (χ1v) is 7.52. The van der Waals surface area contributed by atoms with Gasteiger partial charge in [-0.2, -0.15) is 0 Å². The van der Waals surface area contributed by atoms with Crippen LogP contribution in [0.1, 0.15) is 13.8 Å². The molecule has 2 nitrogen and oxygen atoms in total. The molecule has 112 valence electrons. The molecular weight excluding hydrogens is 272 g/mol. The summed E-state index contributed by atoms with van der Waals surface area (Å²) in [7, 11) is 1.71. The maximum atomic E-state index is 5.99. The Morgan fingerprint density at radius 3 is 2.27 bits per heavy atom. The third-order valence-corrected chi connectivity index (χ3v) is 3.63. The van der Waals surface area contributed by atoms with Gasteiger partial charge >= 0.3 is 0 Å². The van der Waals surface area contributed by atoms with Crippen molar-refractivity contribution < 1.29 is 9.47 Å². The molecule has 0 fully saturated rings. The van der Waals surface area contributed by atoms with Crippen molar-refractivity contribution in [3.05, 3.63) is 60.7 Å². The summed E-state index contributed by atoms with van der Waals surface area (Å²) in [6.45, 7) is 4.08. The minimum atomic E-state index is 0.127. The highest BCUT2D eigenvalue weighted by atomic mass is 16.5. The molecule has 0 unspecified atom stereocenters. The predicted molar refractivity (Wildman–Crippen MR) is 91.7 cm³/mol. The molecule has 0 N–H and O–H groups in total. The summed E-state index contributed by atoms with van der Waals surface area (Å²) in [5.41, 5.74) is 2.14. The lowest BCUT2D eigenvalue weighted by Crippen LogP contribution is -2.06. The number of ether oxygens (including phenoxy) is 2. The smallest absolute Gasteiger partial charge is 0.127 e. The number of para-hydroxylation sites is 1. The first-order valence-electron chi connectivity index (χ1n) is 7.52. The zero-order valence-electron chi connectivity index (χ0n) is 13.2. The molecule has 0 aliphatic rings. The van der Waals surface area contributed by atoms with Crippen LogP contribution in [0.5, 0.6) is 11.5 Å². The second-order valence-corrected chi connectivity index (χ2v) is 5.53. The van der Waals surface area contributed by atoms with E-state index in [9.17, 15) is 0 Å². The van der Waals surface area contributed by atoms with Crippen molar-refractivity contribution >= 4 is 10.8 Å². The maximum absolute atomic E-state index is 5.99. The zero-order chi connectivity index (χ0) is 15.5. The molecule has 0 aromatic heterocycles. The topological polar surface area (TPSA) is 18.5 Å². The largest absolute Gasteiger partial charge is 0.496 e. The van der Waals surface area contributed by atoms with Gasteiger partial charge < -0.3 is 9.47 Å². The van der Waals surface area contributed by atoms with Crippen LogP contribution in [0, 0.1) is 0 Å². The van der Waals surface area contributed by atoms with E-state index in [2.05, 4.69) is 36.4 Å². The van der Waals surface area contributed by atoms with E-state index in [1.165, 1.54) is 10.8 Å². The van der Waals surface area contributed by atoms with Crippen LogP contribution in [-0.2, 0) is 0 Å². The third kappa shape index (κ3) is 2.64. The molecule has 2 heteroatoms. The highest BCUT2D eigenvalue weighted by Gasteiger charge is 2.15. The SMILES string of the molecule is COc1ccc2ccccc2c1-c1ccccc1OC(C)C. The molecule has 0 saturated heterocycles. The van der Waals surface area contributed by atoms with Gasteiger partial charge in [0, 0.05) is 11.1 Å². The molecule has 0 atom stereocenters. The van der Waals surface area contributed by atoms with E-state index in [0.717, 1.165) is 22.6 Å². The van der Waals surface area contributed by atoms with E-state index < -0.39 is 0 Å². The standard InChI is InChI=1S/C20H20O2/c1-14(2)22-18-11-7-6-10-17(18)20-16-9-5-4-8-15(16)12-13-19(20)21-3/h4-14H,1-3H3. The molecule has 0 spiro atoms. The summed E-state index contributed by atoms with van der Waals surface area (Å²) in [5.74, 6) is 1.74. The van der Waals surface area contributed by atoms with Crippen LogP contribution in [0.25, 0.3) is 21.9 Å². The lowest BCUT2D eigenvalue weighted by atomic mass is 9.96. The monoisotopic (exact) mass is 292 g/mol. The Labute approximate surface area is 131 Å². The van der Waals surface area contributed by atoms with Gasteiger partial charge in [-0.25, -0.2) is 0 Å². The summed E-state index contributed by atoms with van der Waals surface area (Å²) in [6, 6.07) is 20.6. The maximum Gasteiger partial charge on any atom is 0.127 e. The van der Waals surface area contributed by atoms with Crippen molar-refractivity contribution in [3.63, 3.8) is 0 Å². The van der Waals surface area contributed by atoms with Crippen LogP contribution in [-0.4, -0.2) is 13.2 Å². The zero-order valence-corrected chi connectivity index (χ0v) is 13.2. The molecule has 0 bridgehead atoms. The lowest BCUT2D eigenvalue weighted by molar-refractivity contribution is 0.243. The van der Waals surface area contributed by atoms with Crippen molar-refractivity contribution in [2.75, 3.05) is 7.11 Å². The minimum absolute atomic E-state index is 0.127. The van der Waals surface area contributed by atoms with Gasteiger partial charge in [0.15, 0.2) is 0 Å². The summed E-state index contributed by atoms with van der Waals surface area (Å²) >= 11 is 0. The lowest BCUT2D eigenvalue weighted by Gasteiger charge is -2.17. The third-order valence-electron chi connectivity index (χ3n) is 3.63. The number of rotatable bonds is 4. The summed E-state index contributed by atoms with van der Waals surface area (Å²) < 4.78 is 11.6. The number of methoxy groups -OCH3 is 1. The molecule has 0 radical (unpaired) electrons. The molecule has 0 saturated carbocycles. The fourth-order valence-corrected chi connectivity index (χ4v) is 2.73. The van der Waals surface area contributed by atoms with E-state index in [1.807, 2.05) is 38.1 Å². The Hall–Kier alpha value is -2.48. The van der Waals surface area contributed by atoms with Crippen molar-refractivity contribution in [3.8, 4) is 22.6 Å². The van der Waals surface area contributed by atoms with Crippen molar-refractivity contribution in [1.82, 2.24) is 0 Å². The molecule has 22 heavy (non-hydrogen) atoms. The number of benzene rings is 3. The Morgan fingerprint density at radius 1 is 0.773 bits per heavy atom. The second-order valence-electron chi connectivity index (χ2n) is 5.53. The Balaban J connectivity index is 2.30. The van der Waals surface area contributed by atoms with Gasteiger partial charge in [0.2, 0.25) is 0 Å². The van der Waals surface area contributed by atoms with Crippen molar-refractivity contribution in [2.24, 2.45) is 0 Å². The quantitative estimate of drug-likeness (QED) is 0.649. The van der Waals surface area contributed by atoms with E-state index >= 15 is 0 Å². The average Bonchev–Trinajstić information content (AvgIpc) is 2.54. The molecule has 3 rings (SSSR count). The van der Waals surface area contributed by atoms with Crippen LogP contribution in [0.3, 0.4) is 0 Å². The molecule has 0 heterocycles. The molecule has 0 aliphatic heterocycles. The van der Waals surface area contributed by atoms with E-state index in [-0.39, 0.29) is 6.10 Å². The average molecular weight is 292 g/mol. The summed E-state index contributed by atoms with van der Waals surface area (Å²) in [4.78, 5) is 0. The molecule has 3 aromatic carbocycles. The van der Waals surface area contributed by atoms with Crippen LogP contribution in [0.4, 0.5) is 0 Å². The van der Waals surface area contributed by atoms with Gasteiger partial charge in [-0.15, -0.1) is 0 Å². The highest BCUT2D eigenvalue weighted by Crippen LogP contribution is 2.41. The van der Waals surface area contributed by atoms with Crippen molar-refractivity contribution in [1.29, 1.82) is 0 Å². The molecule has 0 amide bonds. The summed E-state index contributed by atoms with van der Waals surface area (Å²) in [6.07, 6.45) is 0.127. The van der Waals surface area contributed by atoms with Crippen molar-refractivity contribution in [2.45, 2.75) is 20.0 Å².